The first kappa shape index (κ1) is 20.9. The highest BCUT2D eigenvalue weighted by atomic mass is 35.5. The summed E-state index contributed by atoms with van der Waals surface area (Å²) in [6, 6.07) is 11.8. The fourth-order valence-electron chi connectivity index (χ4n) is 3.15. The van der Waals surface area contributed by atoms with Gasteiger partial charge in [0.15, 0.2) is 0 Å². The molecule has 0 N–H and O–H groups in total. The Morgan fingerprint density at radius 2 is 1.30 bits per heavy atom. The highest BCUT2D eigenvalue weighted by Crippen LogP contribution is 2.22. The van der Waals surface area contributed by atoms with E-state index in [0.717, 1.165) is 5.69 Å². The van der Waals surface area contributed by atoms with Gasteiger partial charge in [-0.05, 0) is 50.3 Å². The minimum absolute atomic E-state index is 0.530. The summed E-state index contributed by atoms with van der Waals surface area (Å²) >= 11 is 6.04. The van der Waals surface area contributed by atoms with Gasteiger partial charge < -0.3 is 4.90 Å². The molecule has 30 heavy (non-hydrogen) atoms. The van der Waals surface area contributed by atoms with Crippen molar-refractivity contribution in [3.05, 3.63) is 75.6 Å². The summed E-state index contributed by atoms with van der Waals surface area (Å²) in [5, 5.41) is 28.2. The van der Waals surface area contributed by atoms with Gasteiger partial charge in [0.2, 0.25) is 0 Å². The Kier molecular flexibility index (Phi) is 6.06. The van der Waals surface area contributed by atoms with Crippen molar-refractivity contribution in [1.82, 2.24) is 19.6 Å². The second kappa shape index (κ2) is 8.69. The molecule has 0 atom stereocenters. The smallest absolute Gasteiger partial charge is 0.103 e. The van der Waals surface area contributed by atoms with Gasteiger partial charge in [0.25, 0.3) is 0 Å². The first-order valence-corrected chi connectivity index (χ1v) is 9.51. The van der Waals surface area contributed by atoms with Gasteiger partial charge in [-0.1, -0.05) is 11.6 Å². The molecular weight excluding hydrogens is 398 g/mol. The quantitative estimate of drug-likeness (QED) is 0.617. The van der Waals surface area contributed by atoms with E-state index in [0.29, 0.717) is 38.9 Å². The fourth-order valence-corrected chi connectivity index (χ4v) is 3.27. The number of nitrogens with zero attached hydrogens (tertiary/aromatic N) is 7. The molecule has 0 saturated heterocycles. The third kappa shape index (κ3) is 4.12. The van der Waals surface area contributed by atoms with Gasteiger partial charge in [0.1, 0.15) is 23.3 Å². The Hall–Kier alpha value is -3.81. The van der Waals surface area contributed by atoms with E-state index in [9.17, 15) is 10.5 Å². The predicted octanol–water partition coefficient (Wildman–Crippen LogP) is 4.32. The summed E-state index contributed by atoms with van der Waals surface area (Å²) in [6.07, 6.45) is 7.34. The molecule has 0 unspecified atom stereocenters. The van der Waals surface area contributed by atoms with Crippen LogP contribution in [-0.4, -0.2) is 19.6 Å². The lowest BCUT2D eigenvalue weighted by molar-refractivity contribution is 0.748. The Labute approximate surface area is 180 Å². The van der Waals surface area contributed by atoms with E-state index in [1.165, 1.54) is 0 Å². The van der Waals surface area contributed by atoms with Crippen LogP contribution in [0.5, 0.6) is 0 Å². The van der Waals surface area contributed by atoms with Crippen molar-refractivity contribution in [3.63, 3.8) is 0 Å². The monoisotopic (exact) mass is 417 g/mol. The number of hydrogen-bond donors (Lipinski definition) is 0. The fraction of sp³-hybridized carbons (Fsp3) is 0.182. The molecule has 2 aromatic heterocycles. The van der Waals surface area contributed by atoms with Crippen LogP contribution < -0.4 is 4.90 Å². The zero-order valence-electron chi connectivity index (χ0n) is 17.1. The molecule has 0 radical (unpaired) electrons. The van der Waals surface area contributed by atoms with E-state index in [1.807, 2.05) is 41.6 Å². The molecule has 0 aliphatic carbocycles. The van der Waals surface area contributed by atoms with Crippen molar-refractivity contribution in [2.75, 3.05) is 4.90 Å². The molecule has 3 rings (SSSR count). The molecule has 2 heterocycles. The molecule has 1 aromatic carbocycles. The van der Waals surface area contributed by atoms with E-state index in [2.05, 4.69) is 22.3 Å². The third-order valence-corrected chi connectivity index (χ3v) is 4.92. The highest BCUT2D eigenvalue weighted by molar-refractivity contribution is 6.30. The van der Waals surface area contributed by atoms with Crippen LogP contribution in [0.1, 0.15) is 33.9 Å². The number of halogens is 1. The Morgan fingerprint density at radius 1 is 0.867 bits per heavy atom. The Morgan fingerprint density at radius 3 is 1.70 bits per heavy atom. The van der Waals surface area contributed by atoms with Crippen LogP contribution in [0.2, 0.25) is 5.02 Å². The van der Waals surface area contributed by atoms with E-state index in [-0.39, 0.29) is 0 Å². The van der Waals surface area contributed by atoms with Crippen LogP contribution in [0.4, 0.5) is 5.69 Å². The maximum Gasteiger partial charge on any atom is 0.103 e. The average Bonchev–Trinajstić information content (AvgIpc) is 3.15. The molecule has 0 aliphatic rings. The van der Waals surface area contributed by atoms with Crippen molar-refractivity contribution in [2.24, 2.45) is 14.1 Å². The molecule has 3 aromatic rings. The Bertz CT molecular complexity index is 1140. The van der Waals surface area contributed by atoms with Gasteiger partial charge in [0.05, 0.1) is 22.8 Å². The number of nitriles is 2. The number of rotatable bonds is 5. The summed E-state index contributed by atoms with van der Waals surface area (Å²) in [7, 11) is 3.60. The van der Waals surface area contributed by atoms with Crippen LogP contribution in [-0.2, 0) is 14.1 Å². The SMILES string of the molecule is Cc1nn(C)c(/C=C/N(/C=C/c2c(C#N)c(C)nn2C)c2ccc(Cl)cc2)c1C#N. The van der Waals surface area contributed by atoms with Crippen molar-refractivity contribution >= 4 is 29.4 Å². The molecule has 0 fully saturated rings. The number of aromatic nitrogens is 4. The lowest BCUT2D eigenvalue weighted by Crippen LogP contribution is -2.07. The molecule has 0 spiro atoms. The predicted molar refractivity (Wildman–Crippen MR) is 117 cm³/mol. The topological polar surface area (TPSA) is 86.5 Å². The standard InChI is InChI=1S/C22H20ClN7/c1-15-19(13-24)21(28(3)26-15)9-11-30(18-7-5-17(23)6-8-18)12-10-22-20(14-25)16(2)27-29(22)4/h5-12H,1-4H3/b11-9+,12-10+. The summed E-state index contributed by atoms with van der Waals surface area (Å²) in [6.45, 7) is 3.61. The zero-order valence-corrected chi connectivity index (χ0v) is 17.9. The molecule has 0 amide bonds. The number of benzene rings is 1. The number of anilines is 1. The van der Waals surface area contributed by atoms with Crippen LogP contribution in [0.3, 0.4) is 0 Å². The minimum Gasteiger partial charge on any atom is -0.324 e. The summed E-state index contributed by atoms with van der Waals surface area (Å²) in [5.74, 6) is 0. The minimum atomic E-state index is 0.530. The van der Waals surface area contributed by atoms with Gasteiger partial charge in [0, 0.05) is 37.2 Å². The average molecular weight is 418 g/mol. The van der Waals surface area contributed by atoms with Gasteiger partial charge in [-0.15, -0.1) is 0 Å². The normalized spacial score (nSPS) is 11.2. The molecule has 150 valence electrons. The van der Waals surface area contributed by atoms with Crippen LogP contribution in [0.25, 0.3) is 12.2 Å². The van der Waals surface area contributed by atoms with E-state index in [4.69, 9.17) is 11.6 Å². The van der Waals surface area contributed by atoms with Gasteiger partial charge in [-0.2, -0.15) is 20.7 Å². The summed E-state index contributed by atoms with van der Waals surface area (Å²) in [4.78, 5) is 1.88. The van der Waals surface area contributed by atoms with E-state index < -0.39 is 0 Å². The van der Waals surface area contributed by atoms with Gasteiger partial charge in [-0.3, -0.25) is 9.36 Å². The zero-order chi connectivity index (χ0) is 21.8. The first-order chi connectivity index (χ1) is 14.3. The Balaban J connectivity index is 2.04. The summed E-state index contributed by atoms with van der Waals surface area (Å²) < 4.78 is 3.35. The van der Waals surface area contributed by atoms with Crippen molar-refractivity contribution in [3.8, 4) is 12.1 Å². The third-order valence-electron chi connectivity index (χ3n) is 4.67. The van der Waals surface area contributed by atoms with Crippen LogP contribution in [0, 0.1) is 36.5 Å². The lowest BCUT2D eigenvalue weighted by atomic mass is 10.2. The molecule has 0 aliphatic heterocycles. The van der Waals surface area contributed by atoms with Gasteiger partial charge in [-0.25, -0.2) is 0 Å². The molecular formula is C22H20ClN7. The number of hydrogen-bond acceptors (Lipinski definition) is 5. The van der Waals surface area contributed by atoms with Gasteiger partial charge >= 0.3 is 0 Å². The maximum atomic E-state index is 9.45. The van der Waals surface area contributed by atoms with Crippen molar-refractivity contribution in [2.45, 2.75) is 13.8 Å². The molecule has 0 bridgehead atoms. The van der Waals surface area contributed by atoms with E-state index in [1.54, 1.807) is 49.4 Å². The van der Waals surface area contributed by atoms with Crippen molar-refractivity contribution < 1.29 is 0 Å². The second-order valence-electron chi connectivity index (χ2n) is 6.68. The largest absolute Gasteiger partial charge is 0.324 e. The van der Waals surface area contributed by atoms with E-state index >= 15 is 0 Å². The maximum absolute atomic E-state index is 9.45. The lowest BCUT2D eigenvalue weighted by Gasteiger charge is -2.16. The van der Waals surface area contributed by atoms with Crippen LogP contribution >= 0.6 is 11.6 Å². The van der Waals surface area contributed by atoms with Crippen LogP contribution in [0.15, 0.2) is 36.7 Å². The highest BCUT2D eigenvalue weighted by Gasteiger charge is 2.12. The molecule has 8 heteroatoms. The number of aryl methyl sites for hydroxylation is 4. The molecule has 0 saturated carbocycles. The molecule has 7 nitrogen and oxygen atoms in total. The first-order valence-electron chi connectivity index (χ1n) is 9.13. The second-order valence-corrected chi connectivity index (χ2v) is 7.11. The van der Waals surface area contributed by atoms with Crippen molar-refractivity contribution in [1.29, 1.82) is 10.5 Å². The summed E-state index contributed by atoms with van der Waals surface area (Å²) in [5.41, 5.74) is 4.69.